The zero-order valence-electron chi connectivity index (χ0n) is 18.0. The Morgan fingerprint density at radius 3 is 2.57 bits per heavy atom. The second kappa shape index (κ2) is 11.9. The van der Waals surface area contributed by atoms with Gasteiger partial charge in [-0.1, -0.05) is 11.6 Å². The molecule has 0 unspecified atom stereocenters. The third kappa shape index (κ3) is 7.40. The van der Waals surface area contributed by atoms with Crippen molar-refractivity contribution in [3.8, 4) is 0 Å². The molecule has 1 aromatic rings. The standard InChI is InChI=1S/C23H35ClFN3O2/c1-30-14-2-3-23(29)26-21-6-4-18(5-7-21)8-9-27-10-12-28(13-11-27)22-16-19(24)15-20(25)17-22/h15-18,21H,2-14H2,1H3,(H,26,29)/t18-,21-. The number of nitrogens with one attached hydrogen (secondary N) is 1. The minimum atomic E-state index is -0.276. The van der Waals surface area contributed by atoms with E-state index < -0.39 is 0 Å². The Labute approximate surface area is 184 Å². The summed E-state index contributed by atoms with van der Waals surface area (Å²) < 4.78 is 18.6. The molecule has 2 fully saturated rings. The predicted octanol–water partition coefficient (Wildman–Crippen LogP) is 4.09. The topological polar surface area (TPSA) is 44.8 Å². The van der Waals surface area contributed by atoms with Crippen molar-refractivity contribution in [2.45, 2.75) is 51.0 Å². The third-order valence-corrected chi connectivity index (χ3v) is 6.62. The summed E-state index contributed by atoms with van der Waals surface area (Å²) >= 11 is 5.99. The molecule has 30 heavy (non-hydrogen) atoms. The van der Waals surface area contributed by atoms with Crippen molar-refractivity contribution in [2.75, 3.05) is 51.3 Å². The van der Waals surface area contributed by atoms with Gasteiger partial charge in [-0.25, -0.2) is 4.39 Å². The number of methoxy groups -OCH3 is 1. The van der Waals surface area contributed by atoms with Crippen molar-refractivity contribution in [2.24, 2.45) is 5.92 Å². The maximum Gasteiger partial charge on any atom is 0.220 e. The Hall–Kier alpha value is -1.37. The van der Waals surface area contributed by atoms with Crippen molar-refractivity contribution in [1.82, 2.24) is 10.2 Å². The molecule has 1 saturated carbocycles. The van der Waals surface area contributed by atoms with Crippen molar-refractivity contribution >= 4 is 23.2 Å². The summed E-state index contributed by atoms with van der Waals surface area (Å²) in [5.41, 5.74) is 0.877. The van der Waals surface area contributed by atoms with Crippen molar-refractivity contribution in [3.05, 3.63) is 29.0 Å². The van der Waals surface area contributed by atoms with Gasteiger partial charge in [-0.15, -0.1) is 0 Å². The molecule has 1 amide bonds. The summed E-state index contributed by atoms with van der Waals surface area (Å²) in [4.78, 5) is 16.7. The van der Waals surface area contributed by atoms with Gasteiger partial charge < -0.3 is 15.0 Å². The molecule has 7 heteroatoms. The number of nitrogens with zero attached hydrogens (tertiary/aromatic N) is 2. The molecule has 1 saturated heterocycles. The van der Waals surface area contributed by atoms with Crippen LogP contribution in [0.4, 0.5) is 10.1 Å². The molecule has 5 nitrogen and oxygen atoms in total. The lowest BCUT2D eigenvalue weighted by Gasteiger charge is -2.37. The summed E-state index contributed by atoms with van der Waals surface area (Å²) in [5.74, 6) is 0.640. The van der Waals surface area contributed by atoms with E-state index in [9.17, 15) is 9.18 Å². The first-order valence-electron chi connectivity index (χ1n) is 11.2. The van der Waals surface area contributed by atoms with E-state index in [0.717, 1.165) is 63.6 Å². The molecular weight excluding hydrogens is 405 g/mol. The van der Waals surface area contributed by atoms with E-state index in [1.54, 1.807) is 13.2 Å². The molecule has 2 aliphatic rings. The van der Waals surface area contributed by atoms with Crippen molar-refractivity contribution < 1.29 is 13.9 Å². The largest absolute Gasteiger partial charge is 0.385 e. The molecule has 0 aromatic heterocycles. The fourth-order valence-electron chi connectivity index (χ4n) is 4.59. The fourth-order valence-corrected chi connectivity index (χ4v) is 4.81. The molecule has 0 spiro atoms. The number of rotatable bonds is 9. The number of halogens is 2. The van der Waals surface area contributed by atoms with E-state index >= 15 is 0 Å². The molecule has 1 aliphatic heterocycles. The summed E-state index contributed by atoms with van der Waals surface area (Å²) in [7, 11) is 1.67. The minimum absolute atomic E-state index is 0.160. The zero-order valence-corrected chi connectivity index (χ0v) is 18.8. The highest BCUT2D eigenvalue weighted by molar-refractivity contribution is 6.30. The molecule has 1 N–H and O–H groups in total. The molecule has 0 bridgehead atoms. The number of benzene rings is 1. The molecule has 1 heterocycles. The van der Waals surface area contributed by atoms with Gasteiger partial charge in [-0.3, -0.25) is 9.69 Å². The maximum absolute atomic E-state index is 13.6. The van der Waals surface area contributed by atoms with E-state index in [0.29, 0.717) is 24.1 Å². The summed E-state index contributed by atoms with van der Waals surface area (Å²) in [6, 6.07) is 5.10. The van der Waals surface area contributed by atoms with E-state index in [4.69, 9.17) is 16.3 Å². The number of hydrogen-bond acceptors (Lipinski definition) is 4. The lowest BCUT2D eigenvalue weighted by Crippen LogP contribution is -2.47. The van der Waals surface area contributed by atoms with Crippen LogP contribution in [-0.4, -0.2) is 63.3 Å². The quantitative estimate of drug-likeness (QED) is 0.588. The zero-order chi connectivity index (χ0) is 21.3. The summed E-state index contributed by atoms with van der Waals surface area (Å²) in [6.07, 6.45) is 7.15. The Balaban J connectivity index is 1.31. The first-order valence-corrected chi connectivity index (χ1v) is 11.6. The second-order valence-electron chi connectivity index (χ2n) is 8.63. The molecule has 0 atom stereocenters. The highest BCUT2D eigenvalue weighted by atomic mass is 35.5. The number of ether oxygens (including phenoxy) is 1. The van der Waals surface area contributed by atoms with E-state index in [2.05, 4.69) is 15.1 Å². The summed E-state index contributed by atoms with van der Waals surface area (Å²) in [6.45, 7) is 5.58. The number of piperazine rings is 1. The Morgan fingerprint density at radius 1 is 1.17 bits per heavy atom. The third-order valence-electron chi connectivity index (χ3n) is 6.40. The van der Waals surface area contributed by atoms with Crippen LogP contribution in [0.25, 0.3) is 0 Å². The van der Waals surface area contributed by atoms with Gasteiger partial charge in [-0.2, -0.15) is 0 Å². The number of carbonyl (C=O) groups excluding carboxylic acids is 1. The van der Waals surface area contributed by atoms with Gasteiger partial charge in [0.1, 0.15) is 5.82 Å². The fraction of sp³-hybridized carbons (Fsp3) is 0.696. The SMILES string of the molecule is COCCCC(=O)N[C@H]1CC[C@H](CCN2CCN(c3cc(F)cc(Cl)c3)CC2)CC1. The van der Waals surface area contributed by atoms with Gasteiger partial charge in [0.2, 0.25) is 5.91 Å². The smallest absolute Gasteiger partial charge is 0.220 e. The first-order chi connectivity index (χ1) is 14.5. The number of amides is 1. The van der Waals surface area contributed by atoms with Crippen LogP contribution in [0.3, 0.4) is 0 Å². The van der Waals surface area contributed by atoms with Crippen LogP contribution >= 0.6 is 11.6 Å². The highest BCUT2D eigenvalue weighted by Crippen LogP contribution is 2.28. The highest BCUT2D eigenvalue weighted by Gasteiger charge is 2.24. The van der Waals surface area contributed by atoms with Gasteiger partial charge in [0.15, 0.2) is 0 Å². The lowest BCUT2D eigenvalue weighted by atomic mass is 9.84. The molecule has 3 rings (SSSR count). The van der Waals surface area contributed by atoms with Crippen LogP contribution < -0.4 is 10.2 Å². The van der Waals surface area contributed by atoms with Gasteiger partial charge in [0, 0.05) is 63.1 Å². The van der Waals surface area contributed by atoms with Crippen molar-refractivity contribution in [3.63, 3.8) is 0 Å². The van der Waals surface area contributed by atoms with E-state index in [1.165, 1.54) is 25.3 Å². The molecule has 1 aromatic carbocycles. The molecular formula is C23H35ClFN3O2. The van der Waals surface area contributed by atoms with Gasteiger partial charge in [-0.05, 0) is 69.2 Å². The second-order valence-corrected chi connectivity index (χ2v) is 9.06. The van der Waals surface area contributed by atoms with Gasteiger partial charge in [0.25, 0.3) is 0 Å². The Bertz CT molecular complexity index is 654. The normalized spacial score (nSPS) is 22.8. The average molecular weight is 440 g/mol. The van der Waals surface area contributed by atoms with Crippen LogP contribution in [0, 0.1) is 11.7 Å². The maximum atomic E-state index is 13.6. The van der Waals surface area contributed by atoms with Crippen LogP contribution in [0.5, 0.6) is 0 Å². The van der Waals surface area contributed by atoms with Crippen LogP contribution in [0.1, 0.15) is 44.9 Å². The van der Waals surface area contributed by atoms with Crippen molar-refractivity contribution in [1.29, 1.82) is 0 Å². The van der Waals surface area contributed by atoms with Crippen LogP contribution in [0.2, 0.25) is 5.02 Å². The molecule has 0 radical (unpaired) electrons. The van der Waals surface area contributed by atoms with Crippen LogP contribution in [-0.2, 0) is 9.53 Å². The minimum Gasteiger partial charge on any atom is -0.385 e. The number of carbonyl (C=O) groups is 1. The predicted molar refractivity (Wildman–Crippen MR) is 120 cm³/mol. The monoisotopic (exact) mass is 439 g/mol. The lowest BCUT2D eigenvalue weighted by molar-refractivity contribution is -0.122. The van der Waals surface area contributed by atoms with E-state index in [1.807, 2.05) is 6.07 Å². The number of anilines is 1. The first kappa shape index (κ1) is 23.3. The van der Waals surface area contributed by atoms with Crippen LogP contribution in [0.15, 0.2) is 18.2 Å². The molecule has 168 valence electrons. The van der Waals surface area contributed by atoms with Gasteiger partial charge in [0.05, 0.1) is 0 Å². The van der Waals surface area contributed by atoms with E-state index in [-0.39, 0.29) is 11.7 Å². The summed E-state index contributed by atoms with van der Waals surface area (Å²) in [5, 5.41) is 3.64. The molecule has 1 aliphatic carbocycles. The number of hydrogen-bond donors (Lipinski definition) is 1. The van der Waals surface area contributed by atoms with Gasteiger partial charge >= 0.3 is 0 Å². The Morgan fingerprint density at radius 2 is 1.90 bits per heavy atom. The Kier molecular flexibility index (Phi) is 9.22. The average Bonchev–Trinajstić information content (AvgIpc) is 2.73.